The van der Waals surface area contributed by atoms with Gasteiger partial charge in [0, 0.05) is 43.9 Å². The number of nitrogens with one attached hydrogen (secondary N) is 1. The predicted octanol–water partition coefficient (Wildman–Crippen LogP) is 1.90. The smallest absolute Gasteiger partial charge is 0.0722 e. The van der Waals surface area contributed by atoms with Crippen molar-refractivity contribution >= 4 is 0 Å². The molecule has 108 valence electrons. The van der Waals surface area contributed by atoms with Gasteiger partial charge in [-0.25, -0.2) is 0 Å². The van der Waals surface area contributed by atoms with Gasteiger partial charge in [0.1, 0.15) is 0 Å². The Balaban J connectivity index is 1.82. The first-order valence-corrected chi connectivity index (χ1v) is 7.43. The van der Waals surface area contributed by atoms with Gasteiger partial charge in [0.05, 0.1) is 5.69 Å². The Morgan fingerprint density at radius 3 is 2.58 bits per heavy atom. The minimum atomic E-state index is 0.118. The molecule has 4 nitrogen and oxygen atoms in total. The summed E-state index contributed by atoms with van der Waals surface area (Å²) in [5.41, 5.74) is 2.66. The van der Waals surface area contributed by atoms with Crippen LogP contribution in [0, 0.1) is 0 Å². The highest BCUT2D eigenvalue weighted by Crippen LogP contribution is 2.23. The largest absolute Gasteiger partial charge is 0.311 e. The molecule has 0 atom stereocenters. The van der Waals surface area contributed by atoms with E-state index < -0.39 is 0 Å². The lowest BCUT2D eigenvalue weighted by molar-refractivity contribution is 0.335. The molecule has 19 heavy (non-hydrogen) atoms. The van der Waals surface area contributed by atoms with Crippen LogP contribution in [0.15, 0.2) is 6.20 Å². The van der Waals surface area contributed by atoms with Crippen LogP contribution in [0.4, 0.5) is 0 Å². The Morgan fingerprint density at radius 2 is 1.95 bits per heavy atom. The van der Waals surface area contributed by atoms with E-state index in [4.69, 9.17) is 0 Å². The summed E-state index contributed by atoms with van der Waals surface area (Å²) in [6.45, 7) is 12.4. The number of likely N-dealkylation sites (tertiary alicyclic amines) is 1. The molecular weight excluding hydrogens is 236 g/mol. The Kier molecular flexibility index (Phi) is 4.63. The maximum Gasteiger partial charge on any atom is 0.0722 e. The molecule has 2 rings (SSSR count). The third-order valence-electron chi connectivity index (χ3n) is 3.73. The summed E-state index contributed by atoms with van der Waals surface area (Å²) in [5, 5.41) is 8.16. The molecule has 0 unspecified atom stereocenters. The highest BCUT2D eigenvalue weighted by atomic mass is 15.3. The number of rotatable bonds is 5. The maximum absolute atomic E-state index is 4.60. The SMILES string of the molecule is Cn1cc(CNCCN2CCCC2)c(C(C)(C)C)n1. The summed E-state index contributed by atoms with van der Waals surface area (Å²) in [6.07, 6.45) is 4.89. The summed E-state index contributed by atoms with van der Waals surface area (Å²) in [7, 11) is 2.00. The van der Waals surface area contributed by atoms with Crippen molar-refractivity contribution in [2.24, 2.45) is 7.05 Å². The molecule has 4 heteroatoms. The van der Waals surface area contributed by atoms with Crippen molar-refractivity contribution in [1.82, 2.24) is 20.0 Å². The second-order valence-electron chi connectivity index (χ2n) is 6.65. The Hall–Kier alpha value is -0.870. The first kappa shape index (κ1) is 14.5. The van der Waals surface area contributed by atoms with Gasteiger partial charge in [-0.15, -0.1) is 0 Å². The lowest BCUT2D eigenvalue weighted by Gasteiger charge is -2.18. The van der Waals surface area contributed by atoms with E-state index in [1.54, 1.807) is 0 Å². The first-order valence-electron chi connectivity index (χ1n) is 7.43. The molecule has 1 aliphatic rings. The summed E-state index contributed by atoms with van der Waals surface area (Å²) in [5.74, 6) is 0. The average Bonchev–Trinajstić information content (AvgIpc) is 2.93. The number of hydrogen-bond acceptors (Lipinski definition) is 3. The zero-order chi connectivity index (χ0) is 13.9. The maximum atomic E-state index is 4.60. The Labute approximate surface area is 117 Å². The molecule has 1 saturated heterocycles. The van der Waals surface area contributed by atoms with Crippen molar-refractivity contribution in [3.8, 4) is 0 Å². The third-order valence-corrected chi connectivity index (χ3v) is 3.73. The van der Waals surface area contributed by atoms with Crippen molar-refractivity contribution in [3.05, 3.63) is 17.5 Å². The molecule has 0 aliphatic carbocycles. The fourth-order valence-corrected chi connectivity index (χ4v) is 2.76. The third kappa shape index (κ3) is 4.05. The van der Waals surface area contributed by atoms with Gasteiger partial charge in [0.15, 0.2) is 0 Å². The number of hydrogen-bond donors (Lipinski definition) is 1. The van der Waals surface area contributed by atoms with Gasteiger partial charge in [0.25, 0.3) is 0 Å². The monoisotopic (exact) mass is 264 g/mol. The Bertz CT molecular complexity index is 397. The molecule has 1 N–H and O–H groups in total. The van der Waals surface area contributed by atoms with Gasteiger partial charge in [-0.05, 0) is 25.9 Å². The quantitative estimate of drug-likeness (QED) is 0.825. The zero-order valence-electron chi connectivity index (χ0n) is 12.9. The molecule has 1 aliphatic heterocycles. The highest BCUT2D eigenvalue weighted by molar-refractivity contribution is 5.23. The normalized spacial score (nSPS) is 17.3. The van der Waals surface area contributed by atoms with Crippen LogP contribution in [0.5, 0.6) is 0 Å². The standard InChI is InChI=1S/C15H28N4/c1-15(2,3)14-13(12-18(4)17-14)11-16-7-10-19-8-5-6-9-19/h12,16H,5-11H2,1-4H3. The van der Waals surface area contributed by atoms with Crippen molar-refractivity contribution < 1.29 is 0 Å². The van der Waals surface area contributed by atoms with Crippen molar-refractivity contribution in [2.75, 3.05) is 26.2 Å². The Morgan fingerprint density at radius 1 is 1.26 bits per heavy atom. The van der Waals surface area contributed by atoms with Gasteiger partial charge < -0.3 is 10.2 Å². The summed E-state index contributed by atoms with van der Waals surface area (Å²) in [6, 6.07) is 0. The van der Waals surface area contributed by atoms with Crippen LogP contribution >= 0.6 is 0 Å². The lowest BCUT2D eigenvalue weighted by atomic mass is 9.89. The van der Waals surface area contributed by atoms with Crippen molar-refractivity contribution in [3.63, 3.8) is 0 Å². The molecule has 0 aromatic carbocycles. The minimum absolute atomic E-state index is 0.118. The second-order valence-corrected chi connectivity index (χ2v) is 6.65. The summed E-state index contributed by atoms with van der Waals surface area (Å²) >= 11 is 0. The van der Waals surface area contributed by atoms with Crippen molar-refractivity contribution in [1.29, 1.82) is 0 Å². The van der Waals surface area contributed by atoms with Gasteiger partial charge in [-0.3, -0.25) is 4.68 Å². The van der Waals surface area contributed by atoms with Crippen LogP contribution in [0.1, 0.15) is 44.9 Å². The van der Waals surface area contributed by atoms with E-state index in [2.05, 4.69) is 42.3 Å². The zero-order valence-corrected chi connectivity index (χ0v) is 12.9. The molecular formula is C15H28N4. The van der Waals surface area contributed by atoms with Gasteiger partial charge in [-0.2, -0.15) is 5.10 Å². The van der Waals surface area contributed by atoms with Crippen molar-refractivity contribution in [2.45, 2.75) is 45.6 Å². The number of aryl methyl sites for hydroxylation is 1. The highest BCUT2D eigenvalue weighted by Gasteiger charge is 2.21. The number of nitrogens with zero attached hydrogens (tertiary/aromatic N) is 3. The minimum Gasteiger partial charge on any atom is -0.311 e. The van der Waals surface area contributed by atoms with E-state index in [0.717, 1.165) is 13.1 Å². The summed E-state index contributed by atoms with van der Waals surface area (Å²) < 4.78 is 1.93. The van der Waals surface area contributed by atoms with Crippen LogP contribution in [0.25, 0.3) is 0 Å². The fourth-order valence-electron chi connectivity index (χ4n) is 2.76. The predicted molar refractivity (Wildman–Crippen MR) is 79.3 cm³/mol. The molecule has 0 amide bonds. The van der Waals surface area contributed by atoms with Crippen LogP contribution in [0.3, 0.4) is 0 Å². The molecule has 0 bridgehead atoms. The molecule has 1 aromatic rings. The molecule has 0 saturated carbocycles. The van der Waals surface area contributed by atoms with Gasteiger partial charge in [0.2, 0.25) is 0 Å². The van der Waals surface area contributed by atoms with E-state index in [1.807, 2.05) is 11.7 Å². The van der Waals surface area contributed by atoms with Gasteiger partial charge >= 0.3 is 0 Å². The van der Waals surface area contributed by atoms with E-state index in [9.17, 15) is 0 Å². The van der Waals surface area contributed by atoms with Gasteiger partial charge in [-0.1, -0.05) is 20.8 Å². The lowest BCUT2D eigenvalue weighted by Crippen LogP contribution is -2.30. The van der Waals surface area contributed by atoms with Crippen LogP contribution < -0.4 is 5.32 Å². The molecule has 2 heterocycles. The van der Waals surface area contributed by atoms with E-state index in [0.29, 0.717) is 0 Å². The molecule has 0 spiro atoms. The average molecular weight is 264 g/mol. The van der Waals surface area contributed by atoms with Crippen LogP contribution in [-0.2, 0) is 19.0 Å². The molecule has 0 radical (unpaired) electrons. The van der Waals surface area contributed by atoms with E-state index >= 15 is 0 Å². The first-order chi connectivity index (χ1) is 8.97. The van der Waals surface area contributed by atoms with E-state index in [1.165, 1.54) is 43.7 Å². The topological polar surface area (TPSA) is 33.1 Å². The van der Waals surface area contributed by atoms with E-state index in [-0.39, 0.29) is 5.41 Å². The molecule has 1 aromatic heterocycles. The second kappa shape index (κ2) is 6.06. The van der Waals surface area contributed by atoms with Crippen LogP contribution in [0.2, 0.25) is 0 Å². The van der Waals surface area contributed by atoms with Crippen LogP contribution in [-0.4, -0.2) is 40.9 Å². The number of aromatic nitrogens is 2. The summed E-state index contributed by atoms with van der Waals surface area (Å²) in [4.78, 5) is 2.54. The molecule has 1 fully saturated rings. The fraction of sp³-hybridized carbons (Fsp3) is 0.800.